The molecule has 2 saturated carbocycles. The summed E-state index contributed by atoms with van der Waals surface area (Å²) in [6, 6.07) is 2.99. The standard InChI is InChI=1S/C18H35NO2.C14H17Cl2NO2/c1-6-12-19(7-2)13-16-14-20-18(21-16)10-8-15(9-11-18)17(3,4)5;1-14(7-3-2-4-8-14)13(19)17-9-5-6-10(18)12(16)11(9)15/h15-16H,6-14H2,1-5H3;5-6,18H,2-4,7-8H2,1H3,(H,17,19). The number of hydrogen-bond acceptors (Lipinski definition) is 5. The fourth-order valence-corrected chi connectivity index (χ4v) is 6.72. The highest BCUT2D eigenvalue weighted by atomic mass is 35.5. The van der Waals surface area contributed by atoms with Crippen molar-refractivity contribution >= 4 is 34.8 Å². The number of halogens is 2. The van der Waals surface area contributed by atoms with Gasteiger partial charge in [-0.1, -0.05) is 84.0 Å². The first-order chi connectivity index (χ1) is 18.8. The Labute approximate surface area is 252 Å². The van der Waals surface area contributed by atoms with Crippen molar-refractivity contribution in [1.82, 2.24) is 4.90 Å². The van der Waals surface area contributed by atoms with Crippen LogP contribution in [-0.2, 0) is 14.3 Å². The van der Waals surface area contributed by atoms with E-state index in [1.807, 2.05) is 6.92 Å². The van der Waals surface area contributed by atoms with Gasteiger partial charge >= 0.3 is 0 Å². The van der Waals surface area contributed by atoms with E-state index in [1.165, 1.54) is 31.7 Å². The fraction of sp³-hybridized carbons (Fsp3) is 0.781. The summed E-state index contributed by atoms with van der Waals surface area (Å²) in [4.78, 5) is 14.8. The summed E-state index contributed by atoms with van der Waals surface area (Å²) in [6.07, 6.45) is 11.2. The van der Waals surface area contributed by atoms with Crippen molar-refractivity contribution < 1.29 is 19.4 Å². The molecule has 1 unspecified atom stereocenters. The Kier molecular flexibility index (Phi) is 12.1. The largest absolute Gasteiger partial charge is 0.506 e. The van der Waals surface area contributed by atoms with Crippen molar-refractivity contribution in [3.8, 4) is 5.75 Å². The number of nitrogens with one attached hydrogen (secondary N) is 1. The maximum atomic E-state index is 12.4. The first-order valence-corrected chi connectivity index (χ1v) is 16.1. The summed E-state index contributed by atoms with van der Waals surface area (Å²) in [5.41, 5.74) is 0.521. The maximum Gasteiger partial charge on any atom is 0.230 e. The predicted octanol–water partition coefficient (Wildman–Crippen LogP) is 8.67. The number of rotatable bonds is 7. The van der Waals surface area contributed by atoms with E-state index in [0.717, 1.165) is 70.7 Å². The topological polar surface area (TPSA) is 71.0 Å². The summed E-state index contributed by atoms with van der Waals surface area (Å²) < 4.78 is 12.5. The molecule has 0 bridgehead atoms. The molecule has 228 valence electrons. The lowest BCUT2D eigenvalue weighted by atomic mass is 9.71. The second-order valence-corrected chi connectivity index (χ2v) is 14.1. The number of aromatic hydroxyl groups is 1. The number of amides is 1. The van der Waals surface area contributed by atoms with E-state index in [1.54, 1.807) is 6.07 Å². The van der Waals surface area contributed by atoms with Gasteiger partial charge in [0, 0.05) is 24.8 Å². The first-order valence-electron chi connectivity index (χ1n) is 15.3. The summed E-state index contributed by atoms with van der Waals surface area (Å²) >= 11 is 11.9. The highest BCUT2D eigenvalue weighted by Crippen LogP contribution is 2.46. The Hall–Kier alpha value is -1.05. The number of carbonyl (C=O) groups is 1. The molecule has 2 aliphatic carbocycles. The molecule has 6 nitrogen and oxygen atoms in total. The van der Waals surface area contributed by atoms with E-state index in [4.69, 9.17) is 32.7 Å². The van der Waals surface area contributed by atoms with E-state index in [-0.39, 0.29) is 39.0 Å². The van der Waals surface area contributed by atoms with Gasteiger partial charge in [-0.2, -0.15) is 0 Å². The quantitative estimate of drug-likeness (QED) is 0.307. The van der Waals surface area contributed by atoms with Gasteiger partial charge in [0.15, 0.2) is 5.79 Å². The molecule has 1 heterocycles. The predicted molar refractivity (Wildman–Crippen MR) is 165 cm³/mol. The number of nitrogens with zero attached hydrogens (tertiary/aromatic N) is 1. The number of anilines is 1. The zero-order valence-corrected chi connectivity index (χ0v) is 27.1. The molecule has 3 aliphatic rings. The van der Waals surface area contributed by atoms with E-state index < -0.39 is 0 Å². The second-order valence-electron chi connectivity index (χ2n) is 13.3. The van der Waals surface area contributed by atoms with Crippen LogP contribution in [-0.4, -0.2) is 54.0 Å². The average Bonchev–Trinajstić information content (AvgIpc) is 3.30. The van der Waals surface area contributed by atoms with E-state index in [2.05, 4.69) is 44.8 Å². The molecule has 1 saturated heterocycles. The van der Waals surface area contributed by atoms with Gasteiger partial charge in [0.1, 0.15) is 10.8 Å². The smallest absolute Gasteiger partial charge is 0.230 e. The summed E-state index contributed by atoms with van der Waals surface area (Å²) in [5.74, 6) is 0.434. The maximum absolute atomic E-state index is 12.4. The number of benzene rings is 1. The summed E-state index contributed by atoms with van der Waals surface area (Å²) in [7, 11) is 0. The molecule has 0 aromatic heterocycles. The third-order valence-electron chi connectivity index (χ3n) is 9.15. The average molecular weight is 600 g/mol. The number of ether oxygens (including phenoxy) is 2. The minimum atomic E-state index is -0.341. The van der Waals surface area contributed by atoms with Crippen LogP contribution in [0.15, 0.2) is 12.1 Å². The van der Waals surface area contributed by atoms with Crippen LogP contribution in [0.5, 0.6) is 5.75 Å². The van der Waals surface area contributed by atoms with Crippen molar-refractivity contribution in [2.24, 2.45) is 16.7 Å². The van der Waals surface area contributed by atoms with Crippen LogP contribution >= 0.6 is 23.2 Å². The number of hydrogen-bond donors (Lipinski definition) is 2. The molecule has 1 atom stereocenters. The van der Waals surface area contributed by atoms with Crippen LogP contribution in [0.2, 0.25) is 10.0 Å². The van der Waals surface area contributed by atoms with E-state index in [9.17, 15) is 9.90 Å². The van der Waals surface area contributed by atoms with Crippen LogP contribution in [0.3, 0.4) is 0 Å². The fourth-order valence-electron chi connectivity index (χ4n) is 6.34. The Morgan fingerprint density at radius 1 is 1.07 bits per heavy atom. The lowest BCUT2D eigenvalue weighted by molar-refractivity contribution is -0.197. The van der Waals surface area contributed by atoms with E-state index >= 15 is 0 Å². The van der Waals surface area contributed by atoms with Gasteiger partial charge in [0.25, 0.3) is 0 Å². The van der Waals surface area contributed by atoms with Gasteiger partial charge in [0.05, 0.1) is 23.4 Å². The number of likely N-dealkylation sites (N-methyl/N-ethyl adjacent to an activating group) is 1. The van der Waals surface area contributed by atoms with Crippen LogP contribution in [0.25, 0.3) is 0 Å². The molecule has 1 amide bonds. The molecule has 3 fully saturated rings. The number of carbonyl (C=O) groups excluding carboxylic acids is 1. The minimum Gasteiger partial charge on any atom is -0.506 e. The third-order valence-corrected chi connectivity index (χ3v) is 10.0. The van der Waals surface area contributed by atoms with Crippen molar-refractivity contribution in [3.63, 3.8) is 0 Å². The van der Waals surface area contributed by atoms with Gasteiger partial charge in [0.2, 0.25) is 5.91 Å². The molecule has 4 rings (SSSR count). The van der Waals surface area contributed by atoms with Gasteiger partial charge < -0.3 is 24.8 Å². The molecule has 2 N–H and O–H groups in total. The molecular weight excluding hydrogens is 547 g/mol. The summed E-state index contributed by atoms with van der Waals surface area (Å²) in [6.45, 7) is 17.6. The molecule has 1 aromatic carbocycles. The molecule has 0 radical (unpaired) electrons. The molecule has 1 spiro atoms. The second kappa shape index (κ2) is 14.4. The number of phenolic OH excluding ortho intramolecular Hbond substituents is 1. The van der Waals surface area contributed by atoms with Crippen molar-refractivity contribution in [1.29, 1.82) is 0 Å². The van der Waals surface area contributed by atoms with Crippen molar-refractivity contribution in [2.75, 3.05) is 31.6 Å². The highest BCUT2D eigenvalue weighted by Gasteiger charge is 2.46. The zero-order valence-electron chi connectivity index (χ0n) is 25.6. The van der Waals surface area contributed by atoms with Gasteiger partial charge in [-0.25, -0.2) is 0 Å². The van der Waals surface area contributed by atoms with Crippen LogP contribution in [0.4, 0.5) is 5.69 Å². The number of phenols is 1. The van der Waals surface area contributed by atoms with Crippen molar-refractivity contribution in [2.45, 2.75) is 118 Å². The van der Waals surface area contributed by atoms with Crippen molar-refractivity contribution in [3.05, 3.63) is 22.2 Å². The van der Waals surface area contributed by atoms with Crippen LogP contribution in [0, 0.1) is 16.7 Å². The zero-order chi connectivity index (χ0) is 29.6. The van der Waals surface area contributed by atoms with Gasteiger partial charge in [-0.05, 0) is 68.7 Å². The Morgan fingerprint density at radius 2 is 1.73 bits per heavy atom. The normalized spacial score (nSPS) is 26.4. The molecule has 1 aliphatic heterocycles. The minimum absolute atomic E-state index is 0.0316. The van der Waals surface area contributed by atoms with Gasteiger partial charge in [-0.15, -0.1) is 0 Å². The third kappa shape index (κ3) is 8.73. The SMILES string of the molecule is CC1(C(=O)Nc2ccc(O)c(Cl)c2Cl)CCCCC1.CCCN(CC)CC1COC2(CCC(C(C)(C)C)CC2)O1. The molecule has 40 heavy (non-hydrogen) atoms. The molecule has 8 heteroatoms. The molecular formula is C32H52Cl2N2O4. The Bertz CT molecular complexity index is 966. The van der Waals surface area contributed by atoms with E-state index in [0.29, 0.717) is 11.1 Å². The van der Waals surface area contributed by atoms with Crippen LogP contribution in [0.1, 0.15) is 106 Å². The van der Waals surface area contributed by atoms with Gasteiger partial charge in [-0.3, -0.25) is 4.79 Å². The van der Waals surface area contributed by atoms with Crippen LogP contribution < -0.4 is 5.32 Å². The lowest BCUT2D eigenvalue weighted by Crippen LogP contribution is -2.40. The lowest BCUT2D eigenvalue weighted by Gasteiger charge is -2.41. The Morgan fingerprint density at radius 3 is 2.30 bits per heavy atom. The first kappa shape index (κ1) is 33.5. The Balaban J connectivity index is 0.000000222. The summed E-state index contributed by atoms with van der Waals surface area (Å²) in [5, 5.41) is 12.5. The molecule has 1 aromatic rings. The highest BCUT2D eigenvalue weighted by molar-refractivity contribution is 6.44. The monoisotopic (exact) mass is 598 g/mol.